The van der Waals surface area contributed by atoms with Crippen LogP contribution in [0, 0.1) is 0 Å². The van der Waals surface area contributed by atoms with Gasteiger partial charge in [0.25, 0.3) is 0 Å². The highest BCUT2D eigenvalue weighted by Crippen LogP contribution is 2.44. The maximum atomic E-state index is 6.54. The lowest BCUT2D eigenvalue weighted by molar-refractivity contribution is 0.673. The molecule has 8 rings (SSSR count). The van der Waals surface area contributed by atoms with Crippen LogP contribution in [0.2, 0.25) is 0 Å². The van der Waals surface area contributed by atoms with Gasteiger partial charge in [-0.25, -0.2) is 0 Å². The van der Waals surface area contributed by atoms with Crippen LogP contribution in [0.1, 0.15) is 0 Å². The molecule has 6 aromatic carbocycles. The number of rotatable bonds is 3. The van der Waals surface area contributed by atoms with Crippen molar-refractivity contribution in [1.29, 1.82) is 0 Å². The fraction of sp³-hybridized carbons (Fsp3) is 0. The van der Waals surface area contributed by atoms with E-state index >= 15 is 0 Å². The van der Waals surface area contributed by atoms with E-state index in [4.69, 9.17) is 4.42 Å². The summed E-state index contributed by atoms with van der Waals surface area (Å²) in [5, 5.41) is 4.64. The molecule has 0 saturated carbocycles. The summed E-state index contributed by atoms with van der Waals surface area (Å²) < 4.78 is 8.97. The topological polar surface area (TPSA) is 18.1 Å². The Balaban J connectivity index is 1.58. The molecule has 8 aromatic rings. The number of nitrogens with zero attached hydrogens (tertiary/aromatic N) is 1. The van der Waals surface area contributed by atoms with Gasteiger partial charge < -0.3 is 8.98 Å². The minimum atomic E-state index is 0.918. The number of furan rings is 1. The third kappa shape index (κ3) is 3.01. The Hall–Kier alpha value is -5.08. The van der Waals surface area contributed by atoms with Gasteiger partial charge in [-0.1, -0.05) is 115 Å². The highest BCUT2D eigenvalue weighted by molar-refractivity contribution is 6.24. The lowest BCUT2D eigenvalue weighted by Gasteiger charge is -2.19. The molecular weight excluding hydrogens is 462 g/mol. The van der Waals surface area contributed by atoms with Crippen LogP contribution in [0.15, 0.2) is 144 Å². The maximum absolute atomic E-state index is 6.54. The van der Waals surface area contributed by atoms with Gasteiger partial charge in [-0.15, -0.1) is 0 Å². The number of hydrogen-bond acceptors (Lipinski definition) is 1. The van der Waals surface area contributed by atoms with E-state index in [0.29, 0.717) is 0 Å². The number of fused-ring (bicyclic) bond motifs is 7. The van der Waals surface area contributed by atoms with E-state index < -0.39 is 0 Å². The normalized spacial score (nSPS) is 11.7. The van der Waals surface area contributed by atoms with Crippen molar-refractivity contribution in [2.24, 2.45) is 0 Å². The number of hydrogen-bond donors (Lipinski definition) is 0. The minimum Gasteiger partial charge on any atom is -0.455 e. The van der Waals surface area contributed by atoms with Gasteiger partial charge in [0.05, 0.1) is 22.1 Å². The van der Waals surface area contributed by atoms with Crippen LogP contribution in [0.4, 0.5) is 0 Å². The standard InChI is InChI=1S/C36H23NO/c1-3-12-24(13-4-1)26-18-11-19-27(25-14-5-2-6-15-25)35(26)37-31-20-9-7-17-30(31)34-32(37)23-22-29-28-16-8-10-21-33(28)38-36(29)34/h1-23H. The van der Waals surface area contributed by atoms with Crippen molar-refractivity contribution in [3.05, 3.63) is 140 Å². The molecule has 0 aliphatic rings. The zero-order chi connectivity index (χ0) is 25.1. The third-order valence-electron chi connectivity index (χ3n) is 7.61. The molecule has 0 atom stereocenters. The van der Waals surface area contributed by atoms with Crippen molar-refractivity contribution in [2.45, 2.75) is 0 Å². The predicted octanol–water partition coefficient (Wildman–Crippen LogP) is 10.0. The second-order valence-corrected chi connectivity index (χ2v) is 9.72. The first kappa shape index (κ1) is 21.0. The number of aromatic nitrogens is 1. The van der Waals surface area contributed by atoms with E-state index in [-0.39, 0.29) is 0 Å². The van der Waals surface area contributed by atoms with E-state index in [2.05, 4.69) is 138 Å². The summed E-state index contributed by atoms with van der Waals surface area (Å²) in [5.41, 5.74) is 10.1. The van der Waals surface area contributed by atoms with E-state index in [9.17, 15) is 0 Å². The minimum absolute atomic E-state index is 0.918. The van der Waals surface area contributed by atoms with Crippen LogP contribution in [0.5, 0.6) is 0 Å². The van der Waals surface area contributed by atoms with E-state index in [1.54, 1.807) is 0 Å². The van der Waals surface area contributed by atoms with Gasteiger partial charge in [0.2, 0.25) is 0 Å². The summed E-state index contributed by atoms with van der Waals surface area (Å²) in [5.74, 6) is 0. The van der Waals surface area contributed by atoms with Gasteiger partial charge in [-0.2, -0.15) is 0 Å². The summed E-state index contributed by atoms with van der Waals surface area (Å²) in [6.45, 7) is 0. The molecule has 0 spiro atoms. The highest BCUT2D eigenvalue weighted by atomic mass is 16.3. The van der Waals surface area contributed by atoms with Crippen molar-refractivity contribution in [1.82, 2.24) is 4.57 Å². The van der Waals surface area contributed by atoms with E-state index in [1.165, 1.54) is 33.3 Å². The van der Waals surface area contributed by atoms with Crippen LogP contribution in [0.25, 0.3) is 71.7 Å². The largest absolute Gasteiger partial charge is 0.455 e. The van der Waals surface area contributed by atoms with Crippen LogP contribution >= 0.6 is 0 Å². The molecule has 2 aromatic heterocycles. The van der Waals surface area contributed by atoms with Crippen LogP contribution < -0.4 is 0 Å². The fourth-order valence-electron chi connectivity index (χ4n) is 5.96. The SMILES string of the molecule is c1ccc(-c2cccc(-c3ccccc3)c2-n2c3ccccc3c3c4oc5ccccc5c4ccc32)cc1. The first-order valence-corrected chi connectivity index (χ1v) is 13.0. The van der Waals surface area contributed by atoms with Gasteiger partial charge in [-0.3, -0.25) is 0 Å². The summed E-state index contributed by atoms with van der Waals surface area (Å²) >= 11 is 0. The lowest BCUT2D eigenvalue weighted by atomic mass is 9.95. The average molecular weight is 486 g/mol. The Morgan fingerprint density at radius 1 is 0.421 bits per heavy atom. The summed E-state index contributed by atoms with van der Waals surface area (Å²) in [7, 11) is 0. The number of benzene rings is 6. The molecule has 2 heteroatoms. The van der Waals surface area contributed by atoms with Crippen LogP contribution in [-0.2, 0) is 0 Å². The first-order valence-electron chi connectivity index (χ1n) is 13.0. The van der Waals surface area contributed by atoms with E-state index in [0.717, 1.165) is 38.4 Å². The predicted molar refractivity (Wildman–Crippen MR) is 159 cm³/mol. The third-order valence-corrected chi connectivity index (χ3v) is 7.61. The molecular formula is C36H23NO. The Bertz CT molecular complexity index is 2060. The maximum Gasteiger partial charge on any atom is 0.145 e. The second-order valence-electron chi connectivity index (χ2n) is 9.72. The smallest absolute Gasteiger partial charge is 0.145 e. The lowest BCUT2D eigenvalue weighted by Crippen LogP contribution is -2.00. The van der Waals surface area contributed by atoms with Crippen molar-refractivity contribution in [3.63, 3.8) is 0 Å². The molecule has 2 heterocycles. The molecule has 0 amide bonds. The monoisotopic (exact) mass is 485 g/mol. The van der Waals surface area contributed by atoms with Crippen molar-refractivity contribution in [3.8, 4) is 27.9 Å². The van der Waals surface area contributed by atoms with E-state index in [1.807, 2.05) is 6.07 Å². The molecule has 0 N–H and O–H groups in total. The van der Waals surface area contributed by atoms with Crippen molar-refractivity contribution in [2.75, 3.05) is 0 Å². The summed E-state index contributed by atoms with van der Waals surface area (Å²) in [4.78, 5) is 0. The molecule has 0 aliphatic carbocycles. The zero-order valence-electron chi connectivity index (χ0n) is 20.6. The van der Waals surface area contributed by atoms with Crippen LogP contribution in [0.3, 0.4) is 0 Å². The van der Waals surface area contributed by atoms with Gasteiger partial charge in [0.1, 0.15) is 11.2 Å². The molecule has 0 aliphatic heterocycles. The molecule has 178 valence electrons. The Morgan fingerprint density at radius 2 is 1.03 bits per heavy atom. The Labute approximate surface area is 220 Å². The molecule has 2 nitrogen and oxygen atoms in total. The van der Waals surface area contributed by atoms with Crippen molar-refractivity contribution >= 4 is 43.7 Å². The van der Waals surface area contributed by atoms with Gasteiger partial charge in [-0.05, 0) is 35.4 Å². The molecule has 38 heavy (non-hydrogen) atoms. The van der Waals surface area contributed by atoms with Gasteiger partial charge in [0.15, 0.2) is 0 Å². The zero-order valence-corrected chi connectivity index (χ0v) is 20.6. The van der Waals surface area contributed by atoms with Gasteiger partial charge in [0, 0.05) is 27.3 Å². The average Bonchev–Trinajstić information content (AvgIpc) is 3.53. The summed E-state index contributed by atoms with van der Waals surface area (Å²) in [6.07, 6.45) is 0. The highest BCUT2D eigenvalue weighted by Gasteiger charge is 2.22. The van der Waals surface area contributed by atoms with Crippen LogP contribution in [-0.4, -0.2) is 4.57 Å². The fourth-order valence-corrected chi connectivity index (χ4v) is 5.96. The Morgan fingerprint density at radius 3 is 1.74 bits per heavy atom. The molecule has 0 radical (unpaired) electrons. The van der Waals surface area contributed by atoms with Crippen molar-refractivity contribution < 1.29 is 4.42 Å². The Kier molecular flexibility index (Phi) is 4.55. The first-order chi connectivity index (χ1) is 18.9. The molecule has 0 fully saturated rings. The van der Waals surface area contributed by atoms with Gasteiger partial charge >= 0.3 is 0 Å². The molecule has 0 bridgehead atoms. The molecule has 0 unspecified atom stereocenters. The number of para-hydroxylation sites is 3. The summed E-state index contributed by atoms with van der Waals surface area (Å²) in [6, 6.07) is 49.5. The second kappa shape index (κ2) is 8.22. The molecule has 0 saturated heterocycles. The quantitative estimate of drug-likeness (QED) is 0.243.